The van der Waals surface area contributed by atoms with Crippen molar-refractivity contribution in [1.82, 2.24) is 15.0 Å². The molecular formula is C12H12FN3O2. The largest absolute Gasteiger partial charge is 0.461 e. The fraction of sp³-hybridized carbons (Fsp3) is 0.250. The SMILES string of the molecule is CCOC(=O)c1c(C)nnn1-c1ccc(F)cc1. The van der Waals surface area contributed by atoms with E-state index >= 15 is 0 Å². The lowest BCUT2D eigenvalue weighted by Crippen LogP contribution is -2.13. The maximum absolute atomic E-state index is 12.9. The summed E-state index contributed by atoms with van der Waals surface area (Å²) >= 11 is 0. The smallest absolute Gasteiger partial charge is 0.359 e. The fourth-order valence-electron chi connectivity index (χ4n) is 1.55. The van der Waals surface area contributed by atoms with Crippen LogP contribution in [-0.2, 0) is 4.74 Å². The van der Waals surface area contributed by atoms with Crippen molar-refractivity contribution in [2.45, 2.75) is 13.8 Å². The molecule has 1 heterocycles. The Morgan fingerprint density at radius 3 is 2.67 bits per heavy atom. The van der Waals surface area contributed by atoms with E-state index in [4.69, 9.17) is 4.74 Å². The Balaban J connectivity index is 2.45. The van der Waals surface area contributed by atoms with Gasteiger partial charge in [-0.1, -0.05) is 5.21 Å². The van der Waals surface area contributed by atoms with Gasteiger partial charge in [-0.15, -0.1) is 5.10 Å². The molecule has 18 heavy (non-hydrogen) atoms. The number of hydrogen-bond donors (Lipinski definition) is 0. The van der Waals surface area contributed by atoms with Crippen molar-refractivity contribution in [2.75, 3.05) is 6.61 Å². The van der Waals surface area contributed by atoms with E-state index in [1.54, 1.807) is 13.8 Å². The number of halogens is 1. The van der Waals surface area contributed by atoms with Crippen molar-refractivity contribution in [3.63, 3.8) is 0 Å². The molecule has 0 radical (unpaired) electrons. The lowest BCUT2D eigenvalue weighted by molar-refractivity contribution is 0.0515. The van der Waals surface area contributed by atoms with E-state index < -0.39 is 5.97 Å². The Labute approximate surface area is 103 Å². The van der Waals surface area contributed by atoms with Crippen molar-refractivity contribution in [1.29, 1.82) is 0 Å². The summed E-state index contributed by atoms with van der Waals surface area (Å²) in [5.74, 6) is -0.849. The van der Waals surface area contributed by atoms with Gasteiger partial charge in [0.25, 0.3) is 0 Å². The molecule has 0 aliphatic carbocycles. The van der Waals surface area contributed by atoms with Crippen LogP contribution < -0.4 is 0 Å². The minimum absolute atomic E-state index is 0.253. The van der Waals surface area contributed by atoms with Gasteiger partial charge < -0.3 is 4.74 Å². The fourth-order valence-corrected chi connectivity index (χ4v) is 1.55. The third-order valence-corrected chi connectivity index (χ3v) is 2.38. The molecule has 0 spiro atoms. The van der Waals surface area contributed by atoms with E-state index in [2.05, 4.69) is 10.3 Å². The van der Waals surface area contributed by atoms with Crippen LogP contribution >= 0.6 is 0 Å². The second-order valence-electron chi connectivity index (χ2n) is 3.63. The molecule has 0 fully saturated rings. The molecule has 0 saturated heterocycles. The minimum atomic E-state index is -0.496. The number of aromatic nitrogens is 3. The predicted molar refractivity (Wildman–Crippen MR) is 62.0 cm³/mol. The van der Waals surface area contributed by atoms with Crippen LogP contribution in [-0.4, -0.2) is 27.6 Å². The van der Waals surface area contributed by atoms with E-state index in [0.29, 0.717) is 11.4 Å². The van der Waals surface area contributed by atoms with Crippen molar-refractivity contribution in [3.8, 4) is 5.69 Å². The number of nitrogens with zero attached hydrogens (tertiary/aromatic N) is 3. The van der Waals surface area contributed by atoms with Gasteiger partial charge in [0.2, 0.25) is 0 Å². The van der Waals surface area contributed by atoms with Crippen molar-refractivity contribution in [3.05, 3.63) is 41.5 Å². The van der Waals surface area contributed by atoms with Crippen molar-refractivity contribution < 1.29 is 13.9 Å². The van der Waals surface area contributed by atoms with Crippen LogP contribution in [0.3, 0.4) is 0 Å². The highest BCUT2D eigenvalue weighted by Gasteiger charge is 2.19. The van der Waals surface area contributed by atoms with E-state index in [9.17, 15) is 9.18 Å². The molecule has 2 rings (SSSR count). The summed E-state index contributed by atoms with van der Waals surface area (Å²) in [4.78, 5) is 11.8. The number of carbonyl (C=O) groups is 1. The van der Waals surface area contributed by atoms with Gasteiger partial charge >= 0.3 is 5.97 Å². The van der Waals surface area contributed by atoms with Gasteiger partial charge in [-0.25, -0.2) is 13.9 Å². The monoisotopic (exact) mass is 249 g/mol. The van der Waals surface area contributed by atoms with Crippen LogP contribution in [0.5, 0.6) is 0 Å². The lowest BCUT2D eigenvalue weighted by Gasteiger charge is -2.06. The van der Waals surface area contributed by atoms with Crippen molar-refractivity contribution >= 4 is 5.97 Å². The van der Waals surface area contributed by atoms with E-state index in [1.807, 2.05) is 0 Å². The van der Waals surface area contributed by atoms with E-state index in [1.165, 1.54) is 28.9 Å². The summed E-state index contributed by atoms with van der Waals surface area (Å²) in [5, 5.41) is 7.70. The number of hydrogen-bond acceptors (Lipinski definition) is 4. The predicted octanol–water partition coefficient (Wildman–Crippen LogP) is 1.89. The van der Waals surface area contributed by atoms with Crippen LogP contribution in [0.25, 0.3) is 5.69 Å². The highest BCUT2D eigenvalue weighted by molar-refractivity contribution is 5.89. The highest BCUT2D eigenvalue weighted by Crippen LogP contribution is 2.14. The molecule has 0 unspecified atom stereocenters. The molecule has 0 aliphatic heterocycles. The van der Waals surface area contributed by atoms with Gasteiger partial charge in [-0.2, -0.15) is 0 Å². The first kappa shape index (κ1) is 12.2. The Bertz CT molecular complexity index is 563. The third kappa shape index (κ3) is 2.22. The molecule has 0 saturated carbocycles. The van der Waals surface area contributed by atoms with Gasteiger partial charge in [-0.3, -0.25) is 0 Å². The molecule has 1 aromatic carbocycles. The summed E-state index contributed by atoms with van der Waals surface area (Å²) in [6, 6.07) is 5.63. The maximum Gasteiger partial charge on any atom is 0.359 e. The van der Waals surface area contributed by atoms with Gasteiger partial charge in [0.05, 0.1) is 18.0 Å². The first-order valence-electron chi connectivity index (χ1n) is 5.49. The van der Waals surface area contributed by atoms with Crippen LogP contribution in [0.2, 0.25) is 0 Å². The topological polar surface area (TPSA) is 57.0 Å². The zero-order valence-electron chi connectivity index (χ0n) is 10.1. The van der Waals surface area contributed by atoms with E-state index in [-0.39, 0.29) is 18.1 Å². The summed E-state index contributed by atoms with van der Waals surface area (Å²) in [5.41, 5.74) is 1.28. The number of ether oxygens (including phenoxy) is 1. The Hall–Kier alpha value is -2.24. The molecule has 0 atom stereocenters. The average molecular weight is 249 g/mol. The zero-order chi connectivity index (χ0) is 13.1. The number of benzene rings is 1. The first-order chi connectivity index (χ1) is 8.63. The van der Waals surface area contributed by atoms with Crippen LogP contribution in [0.1, 0.15) is 23.1 Å². The molecule has 2 aromatic rings. The normalized spacial score (nSPS) is 10.4. The molecule has 94 valence electrons. The minimum Gasteiger partial charge on any atom is -0.461 e. The molecule has 0 amide bonds. The number of esters is 1. The second-order valence-corrected chi connectivity index (χ2v) is 3.63. The van der Waals surface area contributed by atoms with Crippen molar-refractivity contribution in [2.24, 2.45) is 0 Å². The van der Waals surface area contributed by atoms with Gasteiger partial charge in [0, 0.05) is 0 Å². The van der Waals surface area contributed by atoms with Gasteiger partial charge in [0.1, 0.15) is 5.82 Å². The number of rotatable bonds is 3. The summed E-state index contributed by atoms with van der Waals surface area (Å²) in [7, 11) is 0. The number of aryl methyl sites for hydroxylation is 1. The quantitative estimate of drug-likeness (QED) is 0.779. The van der Waals surface area contributed by atoms with Gasteiger partial charge in [0.15, 0.2) is 5.69 Å². The Morgan fingerprint density at radius 1 is 1.39 bits per heavy atom. The van der Waals surface area contributed by atoms with Crippen LogP contribution in [0, 0.1) is 12.7 Å². The standard InChI is InChI=1S/C12H12FN3O2/c1-3-18-12(17)11-8(2)14-15-16(11)10-6-4-9(13)5-7-10/h4-7H,3H2,1-2H3. The lowest BCUT2D eigenvalue weighted by atomic mass is 10.3. The zero-order valence-corrected chi connectivity index (χ0v) is 10.1. The summed E-state index contributed by atoms with van der Waals surface area (Å²) in [6.07, 6.45) is 0. The summed E-state index contributed by atoms with van der Waals surface area (Å²) < 4.78 is 19.1. The molecule has 6 heteroatoms. The molecule has 1 aromatic heterocycles. The van der Waals surface area contributed by atoms with Crippen LogP contribution in [0.15, 0.2) is 24.3 Å². The number of carbonyl (C=O) groups excluding carboxylic acids is 1. The first-order valence-corrected chi connectivity index (χ1v) is 5.49. The molecule has 5 nitrogen and oxygen atoms in total. The maximum atomic E-state index is 12.9. The molecular weight excluding hydrogens is 237 g/mol. The average Bonchev–Trinajstić information content (AvgIpc) is 2.72. The highest BCUT2D eigenvalue weighted by atomic mass is 19.1. The molecule has 0 aliphatic rings. The molecule has 0 N–H and O–H groups in total. The van der Waals surface area contributed by atoms with E-state index in [0.717, 1.165) is 0 Å². The third-order valence-electron chi connectivity index (χ3n) is 2.38. The molecule has 0 bridgehead atoms. The van der Waals surface area contributed by atoms with Crippen LogP contribution in [0.4, 0.5) is 4.39 Å². The second kappa shape index (κ2) is 4.95. The summed E-state index contributed by atoms with van der Waals surface area (Å²) in [6.45, 7) is 3.66. The Kier molecular flexibility index (Phi) is 3.36. The Morgan fingerprint density at radius 2 is 2.06 bits per heavy atom. The van der Waals surface area contributed by atoms with Gasteiger partial charge in [-0.05, 0) is 38.1 Å².